The van der Waals surface area contributed by atoms with Crippen molar-refractivity contribution in [1.29, 1.82) is 0 Å². The quantitative estimate of drug-likeness (QED) is 0.627. The summed E-state index contributed by atoms with van der Waals surface area (Å²) in [4.78, 5) is 8.39. The maximum atomic E-state index is 13.7. The summed E-state index contributed by atoms with van der Waals surface area (Å²) in [6.07, 6.45) is -1.15. The zero-order valence-electron chi connectivity index (χ0n) is 15.3. The summed E-state index contributed by atoms with van der Waals surface area (Å²) < 4.78 is 34.6. The van der Waals surface area contributed by atoms with Crippen LogP contribution in [0.1, 0.15) is 23.5 Å². The first-order valence-electron chi connectivity index (χ1n) is 8.84. The number of hydrogen-bond acceptors (Lipinski definition) is 6. The molecule has 5 unspecified atom stereocenters. The van der Waals surface area contributed by atoms with Gasteiger partial charge in [-0.25, -0.2) is 18.7 Å². The predicted octanol–water partition coefficient (Wildman–Crippen LogP) is 1.60. The Kier molecular flexibility index (Phi) is 4.84. The van der Waals surface area contributed by atoms with Crippen molar-refractivity contribution in [3.05, 3.63) is 59.7 Å². The van der Waals surface area contributed by atoms with E-state index in [-0.39, 0.29) is 0 Å². The predicted molar refractivity (Wildman–Crippen MR) is 96.3 cm³/mol. The Labute approximate surface area is 159 Å². The highest BCUT2D eigenvalue weighted by molar-refractivity contribution is 5.78. The first kappa shape index (κ1) is 18.9. The minimum Gasteiger partial charge on any atom is -0.387 e. The fourth-order valence-electron chi connectivity index (χ4n) is 3.72. The number of aliphatic hydroxyl groups excluding tert-OH is 2. The van der Waals surface area contributed by atoms with Crippen molar-refractivity contribution in [2.24, 2.45) is 0 Å². The summed E-state index contributed by atoms with van der Waals surface area (Å²) in [6, 6.07) is 4.63. The van der Waals surface area contributed by atoms with Gasteiger partial charge in [-0.15, -0.1) is 0 Å². The van der Waals surface area contributed by atoms with E-state index < -0.39 is 42.2 Å². The molecule has 3 aromatic rings. The molecule has 0 aliphatic carbocycles. The Morgan fingerprint density at radius 1 is 1.14 bits per heavy atom. The molecule has 5 atom stereocenters. The Morgan fingerprint density at radius 2 is 1.93 bits per heavy atom. The van der Waals surface area contributed by atoms with Crippen LogP contribution in [0.15, 0.2) is 36.8 Å². The van der Waals surface area contributed by atoms with Gasteiger partial charge in [0.05, 0.1) is 11.7 Å². The molecule has 0 amide bonds. The molecule has 0 bridgehead atoms. The third kappa shape index (κ3) is 2.96. The maximum Gasteiger partial charge on any atom is 0.164 e. The Balaban J connectivity index is 1.68. The molecule has 4 rings (SSSR count). The van der Waals surface area contributed by atoms with Gasteiger partial charge in [-0.3, -0.25) is 0 Å². The van der Waals surface area contributed by atoms with Crippen LogP contribution in [0.25, 0.3) is 11.0 Å². The van der Waals surface area contributed by atoms with Crippen molar-refractivity contribution in [3.8, 4) is 0 Å². The second kappa shape index (κ2) is 7.17. The van der Waals surface area contributed by atoms with Crippen LogP contribution in [-0.2, 0) is 4.74 Å². The lowest BCUT2D eigenvalue weighted by Gasteiger charge is -2.26. The van der Waals surface area contributed by atoms with Crippen molar-refractivity contribution in [2.75, 3.05) is 7.05 Å². The zero-order valence-corrected chi connectivity index (χ0v) is 15.3. The van der Waals surface area contributed by atoms with Crippen LogP contribution in [0.3, 0.4) is 0 Å². The van der Waals surface area contributed by atoms with Crippen LogP contribution in [0.2, 0.25) is 0 Å². The number of hydrogen-bond donors (Lipinski definition) is 3. The molecule has 1 aliphatic heterocycles. The third-order valence-electron chi connectivity index (χ3n) is 5.20. The average Bonchev–Trinajstić information content (AvgIpc) is 3.23. The number of aromatic nitrogens is 3. The van der Waals surface area contributed by atoms with Crippen molar-refractivity contribution in [2.45, 2.75) is 37.5 Å². The number of aryl methyl sites for hydroxylation is 1. The molecule has 2 aromatic heterocycles. The lowest BCUT2D eigenvalue weighted by atomic mass is 9.96. The van der Waals surface area contributed by atoms with Gasteiger partial charge >= 0.3 is 0 Å². The van der Waals surface area contributed by atoms with E-state index in [9.17, 15) is 19.0 Å². The largest absolute Gasteiger partial charge is 0.387 e. The van der Waals surface area contributed by atoms with E-state index in [1.165, 1.54) is 12.4 Å². The molecule has 9 heteroatoms. The summed E-state index contributed by atoms with van der Waals surface area (Å²) in [5, 5.41) is 25.0. The van der Waals surface area contributed by atoms with E-state index in [4.69, 9.17) is 4.74 Å². The van der Waals surface area contributed by atoms with E-state index in [2.05, 4.69) is 15.3 Å². The molecular weight excluding hydrogens is 370 g/mol. The van der Waals surface area contributed by atoms with Crippen molar-refractivity contribution < 1.29 is 23.7 Å². The van der Waals surface area contributed by atoms with E-state index in [0.29, 0.717) is 11.2 Å². The Bertz CT molecular complexity index is 1010. The third-order valence-corrected chi connectivity index (χ3v) is 5.20. The molecule has 0 spiro atoms. The van der Waals surface area contributed by atoms with Gasteiger partial charge in [-0.1, -0.05) is 6.07 Å². The number of nitrogens with zero attached hydrogens (tertiary/aromatic N) is 3. The van der Waals surface area contributed by atoms with Gasteiger partial charge in [0.25, 0.3) is 0 Å². The lowest BCUT2D eigenvalue weighted by molar-refractivity contribution is -0.0458. The smallest absolute Gasteiger partial charge is 0.164 e. The van der Waals surface area contributed by atoms with Crippen LogP contribution >= 0.6 is 0 Å². The number of ether oxygens (including phenoxy) is 1. The summed E-state index contributed by atoms with van der Waals surface area (Å²) in [7, 11) is 1.61. The second-order valence-corrected chi connectivity index (χ2v) is 6.83. The van der Waals surface area contributed by atoms with Gasteiger partial charge in [0.1, 0.15) is 30.3 Å². The number of rotatable bonds is 4. The average molecular weight is 390 g/mol. The highest BCUT2D eigenvalue weighted by atomic mass is 19.2. The zero-order chi connectivity index (χ0) is 20.0. The summed E-state index contributed by atoms with van der Waals surface area (Å²) in [5.41, 5.74) is 1.75. The monoisotopic (exact) mass is 390 g/mol. The Morgan fingerprint density at radius 3 is 2.64 bits per heavy atom. The summed E-state index contributed by atoms with van der Waals surface area (Å²) >= 11 is 0. The van der Waals surface area contributed by atoms with Crippen LogP contribution in [0.5, 0.6) is 0 Å². The van der Waals surface area contributed by atoms with Gasteiger partial charge in [-0.2, -0.15) is 0 Å². The molecule has 1 saturated heterocycles. The number of benzene rings is 1. The van der Waals surface area contributed by atoms with Gasteiger partial charge in [0.15, 0.2) is 17.9 Å². The van der Waals surface area contributed by atoms with Gasteiger partial charge < -0.3 is 24.8 Å². The number of halogens is 2. The van der Waals surface area contributed by atoms with Crippen LogP contribution < -0.4 is 5.32 Å². The van der Waals surface area contributed by atoms with Crippen LogP contribution in [0.4, 0.5) is 8.78 Å². The molecule has 1 aromatic carbocycles. The van der Waals surface area contributed by atoms with E-state index in [1.54, 1.807) is 17.8 Å². The highest BCUT2D eigenvalue weighted by Crippen LogP contribution is 2.37. The molecular formula is C19H20F2N4O3. The number of nitrogens with one attached hydrogen (secondary N) is 1. The molecule has 1 fully saturated rings. The number of likely N-dealkylation sites (N-methyl/N-ethyl adjacent to an activating group) is 1. The normalized spacial score (nSPS) is 26.1. The topological polar surface area (TPSA) is 92.4 Å². The molecule has 1 aliphatic rings. The fraction of sp³-hybridized carbons (Fsp3) is 0.368. The van der Waals surface area contributed by atoms with Gasteiger partial charge in [0.2, 0.25) is 0 Å². The van der Waals surface area contributed by atoms with Crippen molar-refractivity contribution in [1.82, 2.24) is 19.9 Å². The van der Waals surface area contributed by atoms with Crippen LogP contribution in [-0.4, -0.2) is 50.1 Å². The van der Waals surface area contributed by atoms with E-state index in [1.807, 2.05) is 13.0 Å². The first-order chi connectivity index (χ1) is 13.4. The molecule has 0 radical (unpaired) electrons. The fourth-order valence-corrected chi connectivity index (χ4v) is 3.72. The highest BCUT2D eigenvalue weighted by Gasteiger charge is 2.47. The lowest BCUT2D eigenvalue weighted by Crippen LogP contribution is -2.39. The standard InChI is InChI=1S/C19H20F2N4O3/c1-9-11-5-6-25(18(11)24-8-23-9)19-16(27)15(26)17(28-19)14(22-2)10-3-4-12(20)13(21)7-10/h3-8,14-17,19,22,26-27H,1-2H3. The summed E-state index contributed by atoms with van der Waals surface area (Å²) in [6.45, 7) is 1.85. The molecule has 7 nitrogen and oxygen atoms in total. The molecule has 28 heavy (non-hydrogen) atoms. The SMILES string of the molecule is CNC(c1ccc(F)c(F)c1)C1OC(n2ccc3c(C)ncnc32)C(O)C1O. The minimum atomic E-state index is -1.25. The maximum absolute atomic E-state index is 13.7. The Hall–Kier alpha value is -2.46. The van der Waals surface area contributed by atoms with E-state index >= 15 is 0 Å². The summed E-state index contributed by atoms with van der Waals surface area (Å²) in [5.74, 6) is -1.95. The molecule has 3 N–H and O–H groups in total. The minimum absolute atomic E-state index is 0.397. The van der Waals surface area contributed by atoms with Gasteiger partial charge in [0, 0.05) is 11.6 Å². The second-order valence-electron chi connectivity index (χ2n) is 6.83. The molecule has 148 valence electrons. The van der Waals surface area contributed by atoms with E-state index in [0.717, 1.165) is 23.2 Å². The van der Waals surface area contributed by atoms with Crippen LogP contribution in [0, 0.1) is 18.6 Å². The van der Waals surface area contributed by atoms with Crippen molar-refractivity contribution >= 4 is 11.0 Å². The number of fused-ring (bicyclic) bond motifs is 1. The molecule has 0 saturated carbocycles. The van der Waals surface area contributed by atoms with Crippen molar-refractivity contribution in [3.63, 3.8) is 0 Å². The van der Waals surface area contributed by atoms with Gasteiger partial charge in [-0.05, 0) is 37.7 Å². The molecule has 3 heterocycles. The number of aliphatic hydroxyl groups is 2. The first-order valence-corrected chi connectivity index (χ1v) is 8.84.